The molecule has 0 aliphatic heterocycles. The molecular weight excluding hydrogens is 208 g/mol. The Morgan fingerprint density at radius 3 is 2.71 bits per heavy atom. The highest BCUT2D eigenvalue weighted by molar-refractivity contribution is 5.84. The normalized spacial score (nSPS) is 11.6. The van der Waals surface area contributed by atoms with Crippen LogP contribution in [0.3, 0.4) is 0 Å². The summed E-state index contributed by atoms with van der Waals surface area (Å²) < 4.78 is 2.36. The Balaban J connectivity index is 2.47. The maximum Gasteiger partial charge on any atom is 0.0488 e. The van der Waals surface area contributed by atoms with E-state index in [0.717, 1.165) is 19.4 Å². The first-order chi connectivity index (χ1) is 8.13. The van der Waals surface area contributed by atoms with Gasteiger partial charge in [0.1, 0.15) is 0 Å². The number of aryl methyl sites for hydroxylation is 2. The summed E-state index contributed by atoms with van der Waals surface area (Å²) in [5.41, 5.74) is 9.67. The van der Waals surface area contributed by atoms with Crippen LogP contribution in [0.4, 0.5) is 0 Å². The number of hydrogen-bond donors (Lipinski definition) is 1. The Morgan fingerprint density at radius 1 is 1.29 bits per heavy atom. The van der Waals surface area contributed by atoms with Crippen molar-refractivity contribution in [3.8, 4) is 0 Å². The number of benzene rings is 1. The van der Waals surface area contributed by atoms with E-state index in [2.05, 4.69) is 49.7 Å². The topological polar surface area (TPSA) is 30.9 Å². The number of nitrogens with two attached hydrogens (primary N) is 1. The van der Waals surface area contributed by atoms with Gasteiger partial charge in [0, 0.05) is 23.1 Å². The summed E-state index contributed by atoms with van der Waals surface area (Å²) in [4.78, 5) is 0. The molecule has 2 aromatic rings. The van der Waals surface area contributed by atoms with Crippen LogP contribution in [0.5, 0.6) is 0 Å². The van der Waals surface area contributed by atoms with Gasteiger partial charge in [-0.2, -0.15) is 0 Å². The van der Waals surface area contributed by atoms with Crippen LogP contribution in [0.2, 0.25) is 0 Å². The van der Waals surface area contributed by atoms with Crippen molar-refractivity contribution in [2.75, 3.05) is 6.54 Å². The van der Waals surface area contributed by atoms with Crippen molar-refractivity contribution < 1.29 is 0 Å². The van der Waals surface area contributed by atoms with E-state index in [1.807, 2.05) is 0 Å². The monoisotopic (exact) mass is 230 g/mol. The molecule has 0 atom stereocenters. The van der Waals surface area contributed by atoms with E-state index in [0.29, 0.717) is 6.04 Å². The fraction of sp³-hybridized carbons (Fsp3) is 0.467. The molecule has 1 aromatic carbocycles. The maximum atomic E-state index is 5.57. The van der Waals surface area contributed by atoms with Gasteiger partial charge in [-0.3, -0.25) is 0 Å². The lowest BCUT2D eigenvalue weighted by Gasteiger charge is -2.10. The summed E-state index contributed by atoms with van der Waals surface area (Å²) in [5, 5.41) is 1.37. The summed E-state index contributed by atoms with van der Waals surface area (Å²) in [5.74, 6) is 0. The maximum absolute atomic E-state index is 5.57. The predicted molar refractivity (Wildman–Crippen MR) is 74.4 cm³/mol. The van der Waals surface area contributed by atoms with Gasteiger partial charge in [0.25, 0.3) is 0 Å². The van der Waals surface area contributed by atoms with Crippen molar-refractivity contribution in [3.05, 3.63) is 35.5 Å². The summed E-state index contributed by atoms with van der Waals surface area (Å²) >= 11 is 0. The minimum atomic E-state index is 0.510. The first-order valence-corrected chi connectivity index (χ1v) is 6.43. The minimum absolute atomic E-state index is 0.510. The number of rotatable bonds is 4. The van der Waals surface area contributed by atoms with Gasteiger partial charge in [0.2, 0.25) is 0 Å². The van der Waals surface area contributed by atoms with Crippen molar-refractivity contribution >= 4 is 10.9 Å². The smallest absolute Gasteiger partial charge is 0.0488 e. The minimum Gasteiger partial charge on any atom is -0.345 e. The zero-order chi connectivity index (χ0) is 12.4. The Labute approximate surface area is 103 Å². The highest BCUT2D eigenvalue weighted by atomic mass is 15.0. The molecule has 0 amide bonds. The van der Waals surface area contributed by atoms with Crippen LogP contribution in [0.1, 0.15) is 37.4 Å². The van der Waals surface area contributed by atoms with Gasteiger partial charge in [-0.1, -0.05) is 12.1 Å². The Hall–Kier alpha value is -1.28. The standard InChI is InChI=1S/C15H22N2/c1-11(2)17-10-12(3)14-7-6-13(5-4-8-16)9-15(14)17/h6-7,9-11H,4-5,8,16H2,1-3H3. The van der Waals surface area contributed by atoms with Crippen molar-refractivity contribution in [2.24, 2.45) is 5.73 Å². The molecule has 2 nitrogen and oxygen atoms in total. The fourth-order valence-electron chi connectivity index (χ4n) is 2.36. The van der Waals surface area contributed by atoms with E-state index < -0.39 is 0 Å². The number of hydrogen-bond acceptors (Lipinski definition) is 1. The van der Waals surface area contributed by atoms with E-state index in [1.165, 1.54) is 22.0 Å². The second kappa shape index (κ2) is 4.92. The molecule has 2 rings (SSSR count). The number of nitrogens with zero attached hydrogens (tertiary/aromatic N) is 1. The first kappa shape index (κ1) is 12.2. The molecule has 0 spiro atoms. The predicted octanol–water partition coefficient (Wildman–Crippen LogP) is 3.42. The Morgan fingerprint density at radius 2 is 2.06 bits per heavy atom. The van der Waals surface area contributed by atoms with E-state index in [-0.39, 0.29) is 0 Å². The molecule has 0 saturated heterocycles. The van der Waals surface area contributed by atoms with Crippen molar-refractivity contribution in [1.29, 1.82) is 0 Å². The molecule has 2 heteroatoms. The van der Waals surface area contributed by atoms with E-state index in [1.54, 1.807) is 0 Å². The number of aromatic nitrogens is 1. The second-order valence-corrected chi connectivity index (χ2v) is 5.06. The molecule has 0 aliphatic rings. The van der Waals surface area contributed by atoms with E-state index in [9.17, 15) is 0 Å². The van der Waals surface area contributed by atoms with Crippen LogP contribution >= 0.6 is 0 Å². The Kier molecular flexibility index (Phi) is 3.53. The van der Waals surface area contributed by atoms with Gasteiger partial charge < -0.3 is 10.3 Å². The average molecular weight is 230 g/mol. The molecule has 92 valence electrons. The molecule has 1 heterocycles. The third-order valence-electron chi connectivity index (χ3n) is 3.32. The van der Waals surface area contributed by atoms with Crippen LogP contribution in [-0.2, 0) is 6.42 Å². The SMILES string of the molecule is Cc1cn(C(C)C)c2cc(CCCN)ccc12. The lowest BCUT2D eigenvalue weighted by molar-refractivity contribution is 0.621. The van der Waals surface area contributed by atoms with Crippen LogP contribution in [0, 0.1) is 6.92 Å². The van der Waals surface area contributed by atoms with Gasteiger partial charge in [-0.15, -0.1) is 0 Å². The van der Waals surface area contributed by atoms with Crippen LogP contribution in [-0.4, -0.2) is 11.1 Å². The number of fused-ring (bicyclic) bond motifs is 1. The van der Waals surface area contributed by atoms with Crippen LogP contribution < -0.4 is 5.73 Å². The molecule has 17 heavy (non-hydrogen) atoms. The van der Waals surface area contributed by atoms with Crippen LogP contribution in [0.15, 0.2) is 24.4 Å². The molecule has 2 N–H and O–H groups in total. The van der Waals surface area contributed by atoms with E-state index >= 15 is 0 Å². The largest absolute Gasteiger partial charge is 0.345 e. The molecular formula is C15H22N2. The molecule has 0 saturated carbocycles. The second-order valence-electron chi connectivity index (χ2n) is 5.06. The molecule has 1 aromatic heterocycles. The van der Waals surface area contributed by atoms with Gasteiger partial charge in [-0.25, -0.2) is 0 Å². The Bertz CT molecular complexity index is 509. The molecule has 0 bridgehead atoms. The third-order valence-corrected chi connectivity index (χ3v) is 3.32. The van der Waals surface area contributed by atoms with Crippen molar-refractivity contribution in [1.82, 2.24) is 4.57 Å². The molecule has 0 radical (unpaired) electrons. The summed E-state index contributed by atoms with van der Waals surface area (Å²) in [6.07, 6.45) is 4.39. The van der Waals surface area contributed by atoms with Gasteiger partial charge in [0.05, 0.1) is 0 Å². The van der Waals surface area contributed by atoms with Crippen molar-refractivity contribution in [2.45, 2.75) is 39.7 Å². The first-order valence-electron chi connectivity index (χ1n) is 6.43. The quantitative estimate of drug-likeness (QED) is 0.857. The van der Waals surface area contributed by atoms with Gasteiger partial charge >= 0.3 is 0 Å². The van der Waals surface area contributed by atoms with Gasteiger partial charge in [0.15, 0.2) is 0 Å². The zero-order valence-electron chi connectivity index (χ0n) is 11.0. The lowest BCUT2D eigenvalue weighted by Crippen LogP contribution is -2.01. The lowest BCUT2D eigenvalue weighted by atomic mass is 10.1. The summed E-state index contributed by atoms with van der Waals surface area (Å²) in [6, 6.07) is 7.30. The summed E-state index contributed by atoms with van der Waals surface area (Å²) in [6.45, 7) is 7.40. The molecule has 0 unspecified atom stereocenters. The third kappa shape index (κ3) is 2.37. The highest BCUT2D eigenvalue weighted by Crippen LogP contribution is 2.25. The zero-order valence-corrected chi connectivity index (χ0v) is 11.0. The fourth-order valence-corrected chi connectivity index (χ4v) is 2.36. The van der Waals surface area contributed by atoms with Crippen LogP contribution in [0.25, 0.3) is 10.9 Å². The highest BCUT2D eigenvalue weighted by Gasteiger charge is 2.08. The molecule has 0 aliphatic carbocycles. The van der Waals surface area contributed by atoms with Gasteiger partial charge in [-0.05, 0) is 57.4 Å². The van der Waals surface area contributed by atoms with Crippen molar-refractivity contribution in [3.63, 3.8) is 0 Å². The molecule has 0 fully saturated rings. The summed E-state index contributed by atoms with van der Waals surface area (Å²) in [7, 11) is 0. The van der Waals surface area contributed by atoms with E-state index in [4.69, 9.17) is 5.73 Å². The average Bonchev–Trinajstić information content (AvgIpc) is 2.64.